The Balaban J connectivity index is 2.56. The molecule has 3 heteroatoms. The van der Waals surface area contributed by atoms with Crippen molar-refractivity contribution in [1.29, 1.82) is 5.41 Å². The van der Waals surface area contributed by atoms with Gasteiger partial charge in [0.25, 0.3) is 0 Å². The highest BCUT2D eigenvalue weighted by Gasteiger charge is 2.16. The van der Waals surface area contributed by atoms with E-state index in [1.165, 1.54) is 0 Å². The molecule has 0 radical (unpaired) electrons. The van der Waals surface area contributed by atoms with Gasteiger partial charge in [-0.05, 0) is 38.7 Å². The Morgan fingerprint density at radius 1 is 1.33 bits per heavy atom. The third-order valence-corrected chi connectivity index (χ3v) is 3.05. The zero-order chi connectivity index (χ0) is 13.5. The number of rotatable bonds is 5. The highest BCUT2D eigenvalue weighted by Crippen LogP contribution is 2.19. The molecule has 0 heterocycles. The highest BCUT2D eigenvalue weighted by molar-refractivity contribution is 6.00. The molecule has 1 aliphatic rings. The van der Waals surface area contributed by atoms with Gasteiger partial charge in [0.15, 0.2) is 5.78 Å². The fourth-order valence-electron chi connectivity index (χ4n) is 1.94. The van der Waals surface area contributed by atoms with Gasteiger partial charge in [0.2, 0.25) is 0 Å². The summed E-state index contributed by atoms with van der Waals surface area (Å²) < 4.78 is 0. The molecule has 0 aromatic rings. The van der Waals surface area contributed by atoms with Gasteiger partial charge in [0.1, 0.15) is 5.78 Å². The third-order valence-electron chi connectivity index (χ3n) is 3.05. The maximum Gasteiger partial charge on any atom is 0.159 e. The van der Waals surface area contributed by atoms with Gasteiger partial charge in [-0.3, -0.25) is 9.59 Å². The molecule has 1 rings (SSSR count). The molecule has 0 saturated carbocycles. The lowest BCUT2D eigenvalue weighted by atomic mass is 10.00. The van der Waals surface area contributed by atoms with Crippen molar-refractivity contribution in [2.75, 3.05) is 0 Å². The van der Waals surface area contributed by atoms with Crippen molar-refractivity contribution in [3.05, 3.63) is 23.3 Å². The van der Waals surface area contributed by atoms with E-state index < -0.39 is 0 Å². The smallest absolute Gasteiger partial charge is 0.159 e. The van der Waals surface area contributed by atoms with Crippen molar-refractivity contribution < 1.29 is 9.59 Å². The summed E-state index contributed by atoms with van der Waals surface area (Å²) in [6.07, 6.45) is 7.27. The first kappa shape index (κ1) is 14.6. The van der Waals surface area contributed by atoms with Gasteiger partial charge in [0.05, 0.1) is 0 Å². The van der Waals surface area contributed by atoms with E-state index in [-0.39, 0.29) is 11.6 Å². The summed E-state index contributed by atoms with van der Waals surface area (Å²) in [5.41, 5.74) is 2.60. The topological polar surface area (TPSA) is 58.0 Å². The van der Waals surface area contributed by atoms with Crippen LogP contribution in [0.5, 0.6) is 0 Å². The van der Waals surface area contributed by atoms with Crippen LogP contribution in [0.2, 0.25) is 0 Å². The summed E-state index contributed by atoms with van der Waals surface area (Å²) in [5.74, 6) is 0.260. The summed E-state index contributed by atoms with van der Waals surface area (Å²) in [7, 11) is 0. The first-order valence-corrected chi connectivity index (χ1v) is 6.42. The third kappa shape index (κ3) is 5.21. The molecule has 0 unspecified atom stereocenters. The monoisotopic (exact) mass is 247 g/mol. The average Bonchev–Trinajstić information content (AvgIpc) is 2.44. The van der Waals surface area contributed by atoms with E-state index >= 15 is 0 Å². The number of carbonyl (C=O) groups excluding carboxylic acids is 2. The molecule has 98 valence electrons. The molecule has 0 atom stereocenters. The van der Waals surface area contributed by atoms with Gasteiger partial charge in [-0.15, -0.1) is 0 Å². The van der Waals surface area contributed by atoms with E-state index in [1.54, 1.807) is 13.0 Å². The fraction of sp³-hybridized carbons (Fsp3) is 0.533. The SMILES string of the molecule is CC(=N)CCC=C(C)CC1=CCC(=O)CCC1=O. The predicted octanol–water partition coefficient (Wildman–Crippen LogP) is 3.39. The van der Waals surface area contributed by atoms with Crippen LogP contribution in [-0.4, -0.2) is 17.3 Å². The summed E-state index contributed by atoms with van der Waals surface area (Å²) in [4.78, 5) is 23.1. The second-order valence-corrected chi connectivity index (χ2v) is 4.94. The molecule has 0 spiro atoms. The average molecular weight is 247 g/mol. The number of ketones is 2. The molecule has 18 heavy (non-hydrogen) atoms. The van der Waals surface area contributed by atoms with Crippen molar-refractivity contribution in [3.63, 3.8) is 0 Å². The van der Waals surface area contributed by atoms with E-state index in [2.05, 4.69) is 6.08 Å². The minimum Gasteiger partial charge on any atom is -0.310 e. The normalized spacial score (nSPS) is 17.4. The van der Waals surface area contributed by atoms with Gasteiger partial charge in [0, 0.05) is 25.0 Å². The van der Waals surface area contributed by atoms with Crippen molar-refractivity contribution >= 4 is 17.3 Å². The fourth-order valence-corrected chi connectivity index (χ4v) is 1.94. The molecule has 0 amide bonds. The van der Waals surface area contributed by atoms with Crippen LogP contribution in [-0.2, 0) is 9.59 Å². The van der Waals surface area contributed by atoms with Crippen molar-refractivity contribution in [2.24, 2.45) is 0 Å². The van der Waals surface area contributed by atoms with Crippen LogP contribution in [0.3, 0.4) is 0 Å². The molecule has 3 nitrogen and oxygen atoms in total. The van der Waals surface area contributed by atoms with Crippen LogP contribution < -0.4 is 0 Å². The maximum absolute atomic E-state index is 11.8. The Bertz CT molecular complexity index is 416. The summed E-state index contributed by atoms with van der Waals surface area (Å²) in [5, 5.41) is 7.34. The molecule has 0 saturated heterocycles. The largest absolute Gasteiger partial charge is 0.310 e. The minimum atomic E-state index is 0.108. The molecular weight excluding hydrogens is 226 g/mol. The van der Waals surface area contributed by atoms with E-state index in [0.29, 0.717) is 31.4 Å². The van der Waals surface area contributed by atoms with Crippen LogP contribution in [0.15, 0.2) is 23.3 Å². The van der Waals surface area contributed by atoms with E-state index in [4.69, 9.17) is 5.41 Å². The molecule has 0 bridgehead atoms. The molecule has 1 aliphatic carbocycles. The second kappa shape index (κ2) is 7.04. The van der Waals surface area contributed by atoms with E-state index in [9.17, 15) is 9.59 Å². The number of nitrogens with one attached hydrogen (secondary N) is 1. The quantitative estimate of drug-likeness (QED) is 0.598. The van der Waals surface area contributed by atoms with Gasteiger partial charge in [-0.1, -0.05) is 17.7 Å². The van der Waals surface area contributed by atoms with Crippen LogP contribution in [0.25, 0.3) is 0 Å². The Labute approximate surface area is 108 Å². The maximum atomic E-state index is 11.8. The molecule has 0 aromatic heterocycles. The van der Waals surface area contributed by atoms with Crippen molar-refractivity contribution in [3.8, 4) is 0 Å². The van der Waals surface area contributed by atoms with Crippen LogP contribution in [0.4, 0.5) is 0 Å². The lowest BCUT2D eigenvalue weighted by Gasteiger charge is -2.05. The number of allylic oxidation sites excluding steroid dienone is 4. The zero-order valence-electron chi connectivity index (χ0n) is 11.2. The summed E-state index contributed by atoms with van der Waals surface area (Å²) in [6, 6.07) is 0. The van der Waals surface area contributed by atoms with Gasteiger partial charge in [-0.25, -0.2) is 0 Å². The molecule has 0 aliphatic heterocycles. The highest BCUT2D eigenvalue weighted by atomic mass is 16.1. The standard InChI is InChI=1S/C15H21NO2/c1-11(4-3-5-12(2)16)10-13-6-7-14(17)8-9-15(13)18/h4,6,16H,3,5,7-10H2,1-2H3. The van der Waals surface area contributed by atoms with Crippen molar-refractivity contribution in [2.45, 2.75) is 52.4 Å². The zero-order valence-corrected chi connectivity index (χ0v) is 11.2. The lowest BCUT2D eigenvalue weighted by molar-refractivity contribution is -0.121. The second-order valence-electron chi connectivity index (χ2n) is 4.94. The van der Waals surface area contributed by atoms with Crippen LogP contribution in [0.1, 0.15) is 52.4 Å². The number of carbonyl (C=O) groups is 2. The first-order chi connectivity index (χ1) is 8.49. The summed E-state index contributed by atoms with van der Waals surface area (Å²) >= 11 is 0. The Morgan fingerprint density at radius 2 is 2.06 bits per heavy atom. The predicted molar refractivity (Wildman–Crippen MR) is 73.0 cm³/mol. The molecule has 1 N–H and O–H groups in total. The number of hydrogen-bond donors (Lipinski definition) is 1. The minimum absolute atomic E-state index is 0.108. The van der Waals surface area contributed by atoms with Gasteiger partial charge < -0.3 is 5.41 Å². The lowest BCUT2D eigenvalue weighted by Crippen LogP contribution is -2.02. The molecular formula is C15H21NO2. The van der Waals surface area contributed by atoms with E-state index in [0.717, 1.165) is 24.0 Å². The van der Waals surface area contributed by atoms with Crippen LogP contribution in [0, 0.1) is 5.41 Å². The number of Topliss-reactive ketones (excluding diaryl/α,β-unsaturated/α-hetero) is 2. The Morgan fingerprint density at radius 3 is 2.72 bits per heavy atom. The number of hydrogen-bond acceptors (Lipinski definition) is 3. The Kier molecular flexibility index (Phi) is 5.69. The van der Waals surface area contributed by atoms with E-state index in [1.807, 2.05) is 6.92 Å². The first-order valence-electron chi connectivity index (χ1n) is 6.42. The van der Waals surface area contributed by atoms with Gasteiger partial charge in [-0.2, -0.15) is 0 Å². The van der Waals surface area contributed by atoms with Gasteiger partial charge >= 0.3 is 0 Å². The van der Waals surface area contributed by atoms with Crippen molar-refractivity contribution in [1.82, 2.24) is 0 Å². The molecule has 0 fully saturated rings. The molecule has 0 aromatic carbocycles. The van der Waals surface area contributed by atoms with Crippen LogP contribution >= 0.6 is 0 Å². The Hall–Kier alpha value is -1.51. The summed E-state index contributed by atoms with van der Waals surface area (Å²) in [6.45, 7) is 3.80.